The zero-order valence-electron chi connectivity index (χ0n) is 10.2. The van der Waals surface area contributed by atoms with E-state index in [1.54, 1.807) is 12.1 Å². The number of hydrogen-bond acceptors (Lipinski definition) is 5. The number of nitrogen functional groups attached to an aromatic ring is 1. The van der Waals surface area contributed by atoms with Crippen LogP contribution in [0.15, 0.2) is 18.3 Å². The number of hydrogen-bond donors (Lipinski definition) is 3. The summed E-state index contributed by atoms with van der Waals surface area (Å²) in [4.78, 5) is 28.2. The van der Waals surface area contributed by atoms with Gasteiger partial charge in [0.15, 0.2) is 0 Å². The zero-order valence-corrected chi connectivity index (χ0v) is 10.2. The molecular weight excluding hydrogens is 250 g/mol. The number of carboxylic acid groups (broad SMARTS) is 1. The first-order valence-electron chi connectivity index (χ1n) is 5.88. The van der Waals surface area contributed by atoms with Crippen molar-refractivity contribution in [3.8, 4) is 0 Å². The third-order valence-electron chi connectivity index (χ3n) is 3.06. The lowest BCUT2D eigenvalue weighted by molar-refractivity contribution is -0.148. The van der Waals surface area contributed by atoms with E-state index in [0.29, 0.717) is 11.4 Å². The van der Waals surface area contributed by atoms with Crippen LogP contribution in [0.1, 0.15) is 12.1 Å². The molecule has 2 unspecified atom stereocenters. The summed E-state index contributed by atoms with van der Waals surface area (Å²) < 4.78 is 0. The first-order valence-corrected chi connectivity index (χ1v) is 5.88. The van der Waals surface area contributed by atoms with Crippen LogP contribution >= 0.6 is 0 Å². The fraction of sp³-hybridized carbons (Fsp3) is 0.417. The molecule has 1 saturated heterocycles. The molecular formula is C12H15N3O4. The van der Waals surface area contributed by atoms with Gasteiger partial charge in [0.05, 0.1) is 24.4 Å². The van der Waals surface area contributed by atoms with Crippen molar-refractivity contribution >= 4 is 17.6 Å². The molecule has 7 heteroatoms. The van der Waals surface area contributed by atoms with Crippen molar-refractivity contribution in [2.24, 2.45) is 0 Å². The molecule has 1 fully saturated rings. The number of carboxylic acids is 1. The molecule has 2 atom stereocenters. The normalized spacial score (nSPS) is 22.5. The second kappa shape index (κ2) is 5.23. The average Bonchev–Trinajstić information content (AvgIpc) is 2.74. The number of aliphatic hydroxyl groups is 1. The number of nitrogens with zero attached hydrogens (tertiary/aromatic N) is 2. The van der Waals surface area contributed by atoms with Gasteiger partial charge in [0.2, 0.25) is 5.91 Å². The molecule has 0 aliphatic carbocycles. The first-order chi connectivity index (χ1) is 8.97. The van der Waals surface area contributed by atoms with Gasteiger partial charge in [-0.1, -0.05) is 0 Å². The fourth-order valence-corrected chi connectivity index (χ4v) is 2.12. The molecule has 102 valence electrons. The highest BCUT2D eigenvalue weighted by atomic mass is 16.4. The van der Waals surface area contributed by atoms with Crippen LogP contribution in [0.25, 0.3) is 0 Å². The highest BCUT2D eigenvalue weighted by Crippen LogP contribution is 2.19. The van der Waals surface area contributed by atoms with Gasteiger partial charge in [0.1, 0.15) is 6.04 Å². The zero-order chi connectivity index (χ0) is 14.0. The van der Waals surface area contributed by atoms with E-state index in [1.807, 2.05) is 0 Å². The van der Waals surface area contributed by atoms with E-state index in [4.69, 9.17) is 10.8 Å². The molecule has 7 nitrogen and oxygen atoms in total. The number of aliphatic hydroxyl groups excluding tert-OH is 1. The standard InChI is InChI=1S/C12H15N3O4/c13-7-1-2-8(14-5-7)3-11(17)15-6-9(16)4-10(15)12(18)19/h1-2,5,9-10,16H,3-4,6,13H2,(H,18,19). The molecule has 1 amide bonds. The van der Waals surface area contributed by atoms with Crippen LogP contribution < -0.4 is 5.73 Å². The lowest BCUT2D eigenvalue weighted by atomic mass is 10.2. The SMILES string of the molecule is Nc1ccc(CC(=O)N2CC(O)CC2C(=O)O)nc1. The number of nitrogens with two attached hydrogens (primary N) is 1. The lowest BCUT2D eigenvalue weighted by Gasteiger charge is -2.20. The summed E-state index contributed by atoms with van der Waals surface area (Å²) >= 11 is 0. The van der Waals surface area contributed by atoms with E-state index in [0.717, 1.165) is 0 Å². The topological polar surface area (TPSA) is 117 Å². The summed E-state index contributed by atoms with van der Waals surface area (Å²) in [5.74, 6) is -1.46. The number of β-amino-alcohol motifs (C(OH)–C–C–N with tert-alkyl or cyclic N) is 1. The Labute approximate surface area is 109 Å². The number of pyridine rings is 1. The van der Waals surface area contributed by atoms with Crippen LogP contribution in [0.2, 0.25) is 0 Å². The Hall–Kier alpha value is -2.15. The van der Waals surface area contributed by atoms with E-state index in [9.17, 15) is 14.7 Å². The van der Waals surface area contributed by atoms with Crippen molar-refractivity contribution in [1.82, 2.24) is 9.88 Å². The van der Waals surface area contributed by atoms with E-state index in [2.05, 4.69) is 4.98 Å². The minimum Gasteiger partial charge on any atom is -0.480 e. The van der Waals surface area contributed by atoms with Crippen LogP contribution in [-0.2, 0) is 16.0 Å². The van der Waals surface area contributed by atoms with Gasteiger partial charge < -0.3 is 20.8 Å². The summed E-state index contributed by atoms with van der Waals surface area (Å²) in [6.07, 6.45) is 0.716. The summed E-state index contributed by atoms with van der Waals surface area (Å²) in [5, 5.41) is 18.5. The molecule has 1 aromatic heterocycles. The van der Waals surface area contributed by atoms with Gasteiger partial charge in [-0.3, -0.25) is 9.78 Å². The Morgan fingerprint density at radius 3 is 2.79 bits per heavy atom. The van der Waals surface area contributed by atoms with Crippen molar-refractivity contribution in [3.05, 3.63) is 24.0 Å². The summed E-state index contributed by atoms with van der Waals surface area (Å²) in [5.41, 5.74) is 6.51. The molecule has 0 spiro atoms. The third kappa shape index (κ3) is 3.00. The molecule has 1 aromatic rings. The number of aromatic nitrogens is 1. The van der Waals surface area contributed by atoms with Gasteiger partial charge in [-0.25, -0.2) is 4.79 Å². The maximum Gasteiger partial charge on any atom is 0.326 e. The number of carbonyl (C=O) groups excluding carboxylic acids is 1. The molecule has 2 rings (SSSR count). The smallest absolute Gasteiger partial charge is 0.326 e. The van der Waals surface area contributed by atoms with Gasteiger partial charge >= 0.3 is 5.97 Å². The first kappa shape index (κ1) is 13.3. The van der Waals surface area contributed by atoms with Gasteiger partial charge in [0, 0.05) is 18.7 Å². The molecule has 4 N–H and O–H groups in total. The van der Waals surface area contributed by atoms with Crippen molar-refractivity contribution in [1.29, 1.82) is 0 Å². The Kier molecular flexibility index (Phi) is 3.66. The maximum atomic E-state index is 12.0. The maximum absolute atomic E-state index is 12.0. The molecule has 0 bridgehead atoms. The summed E-state index contributed by atoms with van der Waals surface area (Å²) in [7, 11) is 0. The number of likely N-dealkylation sites (tertiary alicyclic amines) is 1. The number of anilines is 1. The van der Waals surface area contributed by atoms with Gasteiger partial charge in [-0.05, 0) is 12.1 Å². The summed E-state index contributed by atoms with van der Waals surface area (Å²) in [6.45, 7) is 0.0464. The Balaban J connectivity index is 2.06. The minimum absolute atomic E-state index is 0.00319. The molecule has 2 heterocycles. The van der Waals surface area contributed by atoms with Crippen LogP contribution in [-0.4, -0.2) is 50.7 Å². The largest absolute Gasteiger partial charge is 0.480 e. The molecule has 1 aliphatic heterocycles. The average molecular weight is 265 g/mol. The van der Waals surface area contributed by atoms with E-state index in [1.165, 1.54) is 11.1 Å². The molecule has 0 saturated carbocycles. The molecule has 0 radical (unpaired) electrons. The van der Waals surface area contributed by atoms with E-state index in [-0.39, 0.29) is 25.3 Å². The van der Waals surface area contributed by atoms with Gasteiger partial charge in [0.25, 0.3) is 0 Å². The summed E-state index contributed by atoms with van der Waals surface area (Å²) in [6, 6.07) is 2.29. The van der Waals surface area contributed by atoms with E-state index >= 15 is 0 Å². The molecule has 19 heavy (non-hydrogen) atoms. The van der Waals surface area contributed by atoms with Gasteiger partial charge in [-0.2, -0.15) is 0 Å². The monoisotopic (exact) mass is 265 g/mol. The molecule has 0 aromatic carbocycles. The fourth-order valence-electron chi connectivity index (χ4n) is 2.12. The van der Waals surface area contributed by atoms with E-state index < -0.39 is 18.1 Å². The van der Waals surface area contributed by atoms with Crippen LogP contribution in [0.4, 0.5) is 5.69 Å². The predicted octanol–water partition coefficient (Wildman–Crippen LogP) is -0.747. The highest BCUT2D eigenvalue weighted by molar-refractivity contribution is 5.85. The number of amides is 1. The van der Waals surface area contributed by atoms with Crippen LogP contribution in [0.5, 0.6) is 0 Å². The second-order valence-electron chi connectivity index (χ2n) is 4.55. The Morgan fingerprint density at radius 2 is 2.21 bits per heavy atom. The number of aliphatic carboxylic acids is 1. The number of rotatable bonds is 3. The lowest BCUT2D eigenvalue weighted by Crippen LogP contribution is -2.41. The van der Waals surface area contributed by atoms with Crippen molar-refractivity contribution in [2.45, 2.75) is 25.0 Å². The predicted molar refractivity (Wildman–Crippen MR) is 66.1 cm³/mol. The molecule has 1 aliphatic rings. The van der Waals surface area contributed by atoms with Gasteiger partial charge in [-0.15, -0.1) is 0 Å². The van der Waals surface area contributed by atoms with Crippen molar-refractivity contribution in [3.63, 3.8) is 0 Å². The van der Waals surface area contributed by atoms with Crippen molar-refractivity contribution in [2.75, 3.05) is 12.3 Å². The Morgan fingerprint density at radius 1 is 1.47 bits per heavy atom. The Bertz CT molecular complexity index is 488. The third-order valence-corrected chi connectivity index (χ3v) is 3.06. The minimum atomic E-state index is -1.10. The quantitative estimate of drug-likeness (QED) is 0.662. The second-order valence-corrected chi connectivity index (χ2v) is 4.55. The van der Waals surface area contributed by atoms with Crippen molar-refractivity contribution < 1.29 is 19.8 Å². The van der Waals surface area contributed by atoms with Crippen LogP contribution in [0.3, 0.4) is 0 Å². The highest BCUT2D eigenvalue weighted by Gasteiger charge is 2.38. The number of carbonyl (C=O) groups is 2. The van der Waals surface area contributed by atoms with Crippen LogP contribution in [0, 0.1) is 0 Å².